The minimum absolute atomic E-state index is 0.137. The first-order chi connectivity index (χ1) is 15.2. The van der Waals surface area contributed by atoms with Crippen LogP contribution in [0.3, 0.4) is 0 Å². The van der Waals surface area contributed by atoms with Crippen molar-refractivity contribution in [1.82, 2.24) is 4.31 Å². The molecule has 0 aliphatic carbocycles. The summed E-state index contributed by atoms with van der Waals surface area (Å²) < 4.78 is 37.0. The number of thiophene rings is 1. The highest BCUT2D eigenvalue weighted by Gasteiger charge is 2.28. The molecule has 3 rings (SSSR count). The maximum absolute atomic E-state index is 12.6. The molecule has 1 aliphatic rings. The van der Waals surface area contributed by atoms with Crippen LogP contribution < -0.4 is 10.6 Å². The summed E-state index contributed by atoms with van der Waals surface area (Å²) in [6.07, 6.45) is -0.137. The van der Waals surface area contributed by atoms with Crippen LogP contribution >= 0.6 is 11.3 Å². The molecule has 1 aromatic heterocycles. The van der Waals surface area contributed by atoms with Gasteiger partial charge in [0.2, 0.25) is 5.91 Å². The zero-order chi connectivity index (χ0) is 23.1. The van der Waals surface area contributed by atoms with E-state index in [2.05, 4.69) is 10.6 Å². The largest absolute Gasteiger partial charge is 0.455 e. The number of benzene rings is 1. The molecule has 2 amide bonds. The van der Waals surface area contributed by atoms with Gasteiger partial charge in [0, 0.05) is 36.3 Å². The van der Waals surface area contributed by atoms with E-state index in [0.717, 1.165) is 11.3 Å². The van der Waals surface area contributed by atoms with E-state index in [9.17, 15) is 22.8 Å². The molecule has 0 bridgehead atoms. The molecule has 0 saturated carbocycles. The lowest BCUT2D eigenvalue weighted by Crippen LogP contribution is -2.40. The Morgan fingerprint density at radius 2 is 1.66 bits per heavy atom. The zero-order valence-corrected chi connectivity index (χ0v) is 19.0. The molecule has 1 saturated heterocycles. The molecule has 2 heterocycles. The second-order valence-corrected chi connectivity index (χ2v) is 10.2. The molecule has 0 unspecified atom stereocenters. The van der Waals surface area contributed by atoms with Crippen LogP contribution in [0.25, 0.3) is 0 Å². The monoisotopic (exact) mass is 481 g/mol. The van der Waals surface area contributed by atoms with E-state index in [4.69, 9.17) is 9.47 Å². The molecule has 1 fully saturated rings. The number of amides is 2. The zero-order valence-electron chi connectivity index (χ0n) is 17.3. The summed E-state index contributed by atoms with van der Waals surface area (Å²) in [7, 11) is -3.61. The number of nitrogens with one attached hydrogen (secondary N) is 2. The lowest BCUT2D eigenvalue weighted by Gasteiger charge is -2.25. The fraction of sp³-hybridized carbons (Fsp3) is 0.350. The van der Waals surface area contributed by atoms with Gasteiger partial charge in [-0.3, -0.25) is 14.4 Å². The Bertz CT molecular complexity index is 1070. The van der Waals surface area contributed by atoms with Crippen LogP contribution in [0, 0.1) is 0 Å². The topological polar surface area (TPSA) is 131 Å². The Kier molecular flexibility index (Phi) is 7.96. The minimum Gasteiger partial charge on any atom is -0.455 e. The first kappa shape index (κ1) is 23.9. The molecule has 2 N–H and O–H groups in total. The Hall–Kier alpha value is -2.80. The molecule has 1 aliphatic heterocycles. The fourth-order valence-corrected chi connectivity index (χ4v) is 5.79. The molecule has 32 heavy (non-hydrogen) atoms. The summed E-state index contributed by atoms with van der Waals surface area (Å²) in [6, 6.07) is 9.50. The van der Waals surface area contributed by atoms with Crippen molar-refractivity contribution in [2.24, 2.45) is 0 Å². The SMILES string of the molecule is CC(=O)Nc1ccc(NC(=O)COC(=O)Cc2ccc(S(=O)(=O)N3CCOCC3)s2)cc1. The first-order valence-corrected chi connectivity index (χ1v) is 12.0. The van der Waals surface area contributed by atoms with Gasteiger partial charge in [0.05, 0.1) is 19.6 Å². The third-order valence-electron chi connectivity index (χ3n) is 4.37. The first-order valence-electron chi connectivity index (χ1n) is 9.74. The van der Waals surface area contributed by atoms with Crippen molar-refractivity contribution in [2.45, 2.75) is 17.6 Å². The lowest BCUT2D eigenvalue weighted by atomic mass is 10.2. The van der Waals surface area contributed by atoms with Crippen molar-refractivity contribution in [2.75, 3.05) is 43.5 Å². The smallest absolute Gasteiger partial charge is 0.311 e. The van der Waals surface area contributed by atoms with Crippen LogP contribution in [-0.4, -0.2) is 63.4 Å². The molecule has 10 nitrogen and oxygen atoms in total. The van der Waals surface area contributed by atoms with E-state index in [1.165, 1.54) is 17.3 Å². The molecule has 2 aromatic rings. The number of carbonyl (C=O) groups excluding carboxylic acids is 3. The highest BCUT2D eigenvalue weighted by atomic mass is 32.2. The molecule has 0 atom stereocenters. The normalized spacial score (nSPS) is 14.5. The van der Waals surface area contributed by atoms with E-state index < -0.39 is 28.5 Å². The highest BCUT2D eigenvalue weighted by Crippen LogP contribution is 2.26. The van der Waals surface area contributed by atoms with Crippen molar-refractivity contribution in [3.63, 3.8) is 0 Å². The van der Waals surface area contributed by atoms with Crippen LogP contribution in [0.5, 0.6) is 0 Å². The van der Waals surface area contributed by atoms with Crippen LogP contribution in [0.4, 0.5) is 11.4 Å². The number of anilines is 2. The average molecular weight is 482 g/mol. The van der Waals surface area contributed by atoms with Crippen molar-refractivity contribution >= 4 is 50.5 Å². The second kappa shape index (κ2) is 10.7. The van der Waals surface area contributed by atoms with Gasteiger partial charge in [-0.2, -0.15) is 4.31 Å². The molecular formula is C20H23N3O7S2. The van der Waals surface area contributed by atoms with Crippen molar-refractivity contribution in [3.8, 4) is 0 Å². The molecule has 0 radical (unpaired) electrons. The number of rotatable bonds is 8. The van der Waals surface area contributed by atoms with Gasteiger partial charge in [0.15, 0.2) is 6.61 Å². The Morgan fingerprint density at radius 1 is 1.03 bits per heavy atom. The standard InChI is InChI=1S/C20H23N3O7S2/c1-14(24)21-15-2-4-16(5-3-15)22-18(25)13-30-19(26)12-17-6-7-20(31-17)32(27,28)23-8-10-29-11-9-23/h2-7H,8-13H2,1H3,(H,21,24)(H,22,25). The number of hydrogen-bond acceptors (Lipinski definition) is 8. The Morgan fingerprint density at radius 3 is 2.28 bits per heavy atom. The summed E-state index contributed by atoms with van der Waals surface area (Å²) in [5.41, 5.74) is 1.07. The maximum Gasteiger partial charge on any atom is 0.311 e. The summed E-state index contributed by atoms with van der Waals surface area (Å²) in [5.74, 6) is -1.36. The highest BCUT2D eigenvalue weighted by molar-refractivity contribution is 7.91. The second-order valence-electron chi connectivity index (χ2n) is 6.88. The lowest BCUT2D eigenvalue weighted by molar-refractivity contribution is -0.146. The fourth-order valence-electron chi connectivity index (χ4n) is 2.88. The molecule has 12 heteroatoms. The molecular weight excluding hydrogens is 458 g/mol. The van der Waals surface area contributed by atoms with Gasteiger partial charge in [-0.05, 0) is 36.4 Å². The van der Waals surface area contributed by atoms with Gasteiger partial charge in [-0.15, -0.1) is 11.3 Å². The van der Waals surface area contributed by atoms with E-state index >= 15 is 0 Å². The number of morpholine rings is 1. The summed E-state index contributed by atoms with van der Waals surface area (Å²) in [6.45, 7) is 2.21. The van der Waals surface area contributed by atoms with E-state index in [1.54, 1.807) is 30.3 Å². The number of sulfonamides is 1. The number of hydrogen-bond donors (Lipinski definition) is 2. The van der Waals surface area contributed by atoms with Crippen molar-refractivity contribution < 1.29 is 32.3 Å². The van der Waals surface area contributed by atoms with Gasteiger partial charge >= 0.3 is 5.97 Å². The minimum atomic E-state index is -3.61. The van der Waals surface area contributed by atoms with Gasteiger partial charge in [0.25, 0.3) is 15.9 Å². The van der Waals surface area contributed by atoms with Gasteiger partial charge < -0.3 is 20.1 Å². The van der Waals surface area contributed by atoms with Crippen LogP contribution in [-0.2, 0) is 40.3 Å². The van der Waals surface area contributed by atoms with Crippen LogP contribution in [0.2, 0.25) is 0 Å². The van der Waals surface area contributed by atoms with Crippen molar-refractivity contribution in [1.29, 1.82) is 0 Å². The Balaban J connectivity index is 1.46. The van der Waals surface area contributed by atoms with Gasteiger partial charge in [-0.1, -0.05) is 0 Å². The molecule has 0 spiro atoms. The summed E-state index contributed by atoms with van der Waals surface area (Å²) in [5, 5.41) is 5.19. The maximum atomic E-state index is 12.6. The summed E-state index contributed by atoms with van der Waals surface area (Å²) >= 11 is 1.00. The molecule has 172 valence electrons. The van der Waals surface area contributed by atoms with Gasteiger partial charge in [0.1, 0.15) is 4.21 Å². The number of carbonyl (C=O) groups is 3. The predicted molar refractivity (Wildman–Crippen MR) is 118 cm³/mol. The quantitative estimate of drug-likeness (QED) is 0.546. The Labute approximate surface area is 189 Å². The van der Waals surface area contributed by atoms with Crippen molar-refractivity contribution in [3.05, 3.63) is 41.3 Å². The third-order valence-corrected chi connectivity index (χ3v) is 7.82. The third kappa shape index (κ3) is 6.60. The number of ether oxygens (including phenoxy) is 2. The number of nitrogens with zero attached hydrogens (tertiary/aromatic N) is 1. The van der Waals surface area contributed by atoms with E-state index in [0.29, 0.717) is 42.6 Å². The molecule has 1 aromatic carbocycles. The predicted octanol–water partition coefficient (Wildman–Crippen LogP) is 1.45. The number of esters is 1. The van der Waals surface area contributed by atoms with E-state index in [1.807, 2.05) is 0 Å². The summed E-state index contributed by atoms with van der Waals surface area (Å²) in [4.78, 5) is 35.6. The average Bonchev–Trinajstić information content (AvgIpc) is 3.23. The van der Waals surface area contributed by atoms with Crippen LogP contribution in [0.15, 0.2) is 40.6 Å². The van der Waals surface area contributed by atoms with Gasteiger partial charge in [-0.25, -0.2) is 8.42 Å². The van der Waals surface area contributed by atoms with E-state index in [-0.39, 0.29) is 16.5 Å². The van der Waals surface area contributed by atoms with Crippen LogP contribution in [0.1, 0.15) is 11.8 Å².